The summed E-state index contributed by atoms with van der Waals surface area (Å²) >= 11 is 7.27. The van der Waals surface area contributed by atoms with Gasteiger partial charge in [-0.1, -0.05) is 0 Å². The quantitative estimate of drug-likeness (QED) is 0.393. The summed E-state index contributed by atoms with van der Waals surface area (Å²) in [7, 11) is 0. The van der Waals surface area contributed by atoms with Crippen molar-refractivity contribution in [3.63, 3.8) is 0 Å². The van der Waals surface area contributed by atoms with E-state index in [4.69, 9.17) is 0 Å². The van der Waals surface area contributed by atoms with Crippen molar-refractivity contribution in [2.45, 2.75) is 0 Å². The fourth-order valence-electron chi connectivity index (χ4n) is 2.85. The van der Waals surface area contributed by atoms with Gasteiger partial charge in [-0.05, 0) is 97.1 Å². The Morgan fingerprint density at radius 1 is 0.250 bits per heavy atom. The predicted octanol–water partition coefficient (Wildman–Crippen LogP) is 1.29. The van der Waals surface area contributed by atoms with E-state index in [1.54, 1.807) is 0 Å². The second-order valence-corrected chi connectivity index (χ2v) is 10.9. The maximum Gasteiger partial charge on any atom is 0.0277 e. The summed E-state index contributed by atoms with van der Waals surface area (Å²) < 4.78 is 10.2. The van der Waals surface area contributed by atoms with Crippen molar-refractivity contribution in [3.8, 4) is 0 Å². The molecule has 0 aromatic carbocycles. The summed E-state index contributed by atoms with van der Waals surface area (Å²) in [5, 5.41) is 0. The van der Waals surface area contributed by atoms with Crippen molar-refractivity contribution in [2.24, 2.45) is 0 Å². The zero-order valence-corrected chi connectivity index (χ0v) is 18.1. The van der Waals surface area contributed by atoms with E-state index < -0.39 is 0 Å². The van der Waals surface area contributed by atoms with Crippen LogP contribution in [0, 0.1) is 0 Å². The molecule has 0 radical (unpaired) electrons. The fraction of sp³-hybridized carbons (Fsp3) is 0. The van der Waals surface area contributed by atoms with E-state index in [1.807, 2.05) is 45.3 Å². The monoisotopic (exact) mass is 432 g/mol. The molecular weight excluding hydrogens is 417 g/mol. The molecule has 136 valence electrons. The Morgan fingerprint density at radius 3 is 0.536 bits per heavy atom. The zero-order chi connectivity index (χ0) is 18.8. The molecule has 8 bridgehead atoms. The van der Waals surface area contributed by atoms with E-state index >= 15 is 0 Å². The third kappa shape index (κ3) is 4.26. The van der Waals surface area contributed by atoms with Crippen LogP contribution in [0.5, 0.6) is 0 Å². The third-order valence-corrected chi connectivity index (χ3v) is 8.30. The Bertz CT molecular complexity index is 1250. The fourth-order valence-corrected chi connectivity index (χ4v) is 6.11. The minimum atomic E-state index is 1.28. The SMILES string of the molecule is C1=c2cc/c(s2)=C\C=c2\cc/c(s2)=C/C=c2/cc/c(s2)=C/C=c2/cc/c(s2)=C/1. The van der Waals surface area contributed by atoms with Gasteiger partial charge in [-0.2, -0.15) is 0 Å². The maximum absolute atomic E-state index is 2.21. The van der Waals surface area contributed by atoms with E-state index in [2.05, 4.69) is 97.1 Å². The summed E-state index contributed by atoms with van der Waals surface area (Å²) in [6.07, 6.45) is 17.7. The van der Waals surface area contributed by atoms with Gasteiger partial charge in [0.25, 0.3) is 0 Å². The molecule has 0 N–H and O–H groups in total. The van der Waals surface area contributed by atoms with Gasteiger partial charge in [0.1, 0.15) is 0 Å². The highest BCUT2D eigenvalue weighted by Gasteiger charge is 1.89. The number of thiophene rings is 4. The van der Waals surface area contributed by atoms with E-state index in [0.717, 1.165) is 0 Å². The first-order chi connectivity index (χ1) is 13.8. The molecule has 0 saturated heterocycles. The van der Waals surface area contributed by atoms with E-state index in [-0.39, 0.29) is 0 Å². The van der Waals surface area contributed by atoms with Crippen LogP contribution in [0.1, 0.15) is 0 Å². The first-order valence-electron chi connectivity index (χ1n) is 8.92. The third-order valence-electron chi connectivity index (χ3n) is 4.24. The minimum absolute atomic E-state index is 1.28. The van der Waals surface area contributed by atoms with E-state index in [9.17, 15) is 0 Å². The van der Waals surface area contributed by atoms with Gasteiger partial charge >= 0.3 is 0 Å². The van der Waals surface area contributed by atoms with Crippen LogP contribution in [0.25, 0.3) is 48.6 Å². The van der Waals surface area contributed by atoms with Crippen LogP contribution in [-0.2, 0) is 0 Å². The van der Waals surface area contributed by atoms with Gasteiger partial charge in [0.05, 0.1) is 0 Å². The van der Waals surface area contributed by atoms with Crippen LogP contribution in [0.4, 0.5) is 0 Å². The molecule has 0 unspecified atom stereocenters. The highest BCUT2D eigenvalue weighted by Crippen LogP contribution is 1.88. The van der Waals surface area contributed by atoms with E-state index in [0.29, 0.717) is 0 Å². The lowest BCUT2D eigenvalue weighted by molar-refractivity contribution is 1.84. The molecule has 4 aromatic rings. The molecule has 28 heavy (non-hydrogen) atoms. The molecule has 0 saturated carbocycles. The van der Waals surface area contributed by atoms with Gasteiger partial charge in [-0.25, -0.2) is 0 Å². The standard InChI is InChI=1S/C24H16S4/c1-2-18-11-12-20-5-6-22(27-20)15-16-24-8-7-23(28-24)14-13-21-4-3-19(26-21)10-9-17(1)25-18/h1-16H/b10-9?,12-11?,14-13?,16-15?,17-9-,18-11-,19-10-,20-12-,21-13-,22-15-,23-14+,24-16?. The van der Waals surface area contributed by atoms with Crippen LogP contribution in [-0.4, -0.2) is 0 Å². The smallest absolute Gasteiger partial charge is 0.0277 e. The van der Waals surface area contributed by atoms with Crippen molar-refractivity contribution in [3.05, 3.63) is 84.8 Å². The molecule has 1 aliphatic rings. The zero-order valence-electron chi connectivity index (χ0n) is 14.9. The summed E-state index contributed by atoms with van der Waals surface area (Å²) in [6.45, 7) is 0. The lowest BCUT2D eigenvalue weighted by atomic mass is 10.4. The van der Waals surface area contributed by atoms with Crippen LogP contribution in [0.3, 0.4) is 0 Å². The molecule has 0 atom stereocenters. The van der Waals surface area contributed by atoms with Crippen molar-refractivity contribution in [2.75, 3.05) is 0 Å². The van der Waals surface area contributed by atoms with Crippen LogP contribution in [0.15, 0.2) is 48.5 Å². The number of fused-ring (bicyclic) bond motifs is 8. The molecule has 0 fully saturated rings. The van der Waals surface area contributed by atoms with Crippen LogP contribution < -0.4 is 36.3 Å². The Balaban J connectivity index is 1.74. The Kier molecular flexibility index (Phi) is 5.10. The predicted molar refractivity (Wildman–Crippen MR) is 130 cm³/mol. The number of rotatable bonds is 0. The second-order valence-electron chi connectivity index (χ2n) is 6.29. The summed E-state index contributed by atoms with van der Waals surface area (Å²) in [6, 6.07) is 17.5. The Morgan fingerprint density at radius 2 is 0.393 bits per heavy atom. The molecule has 5 rings (SSSR count). The van der Waals surface area contributed by atoms with Gasteiger partial charge < -0.3 is 0 Å². The summed E-state index contributed by atoms with van der Waals surface area (Å²) in [4.78, 5) is 0. The molecule has 0 nitrogen and oxygen atoms in total. The number of hydrogen-bond donors (Lipinski definition) is 0. The highest BCUT2D eigenvalue weighted by molar-refractivity contribution is 7.09. The van der Waals surface area contributed by atoms with Gasteiger partial charge in [-0.15, -0.1) is 45.3 Å². The van der Waals surface area contributed by atoms with Gasteiger partial charge in [0.15, 0.2) is 0 Å². The average Bonchev–Trinajstić information content (AvgIpc) is 3.49. The summed E-state index contributed by atoms with van der Waals surface area (Å²) in [5.41, 5.74) is 0. The molecule has 0 spiro atoms. The van der Waals surface area contributed by atoms with Crippen LogP contribution in [0.2, 0.25) is 0 Å². The Hall–Kier alpha value is -2.24. The van der Waals surface area contributed by atoms with Gasteiger partial charge in [-0.3, -0.25) is 0 Å². The van der Waals surface area contributed by atoms with Gasteiger partial charge in [0, 0.05) is 36.3 Å². The minimum Gasteiger partial charge on any atom is -0.137 e. The van der Waals surface area contributed by atoms with Gasteiger partial charge in [0.2, 0.25) is 0 Å². The highest BCUT2D eigenvalue weighted by atomic mass is 32.1. The molecular formula is C24H16S4. The molecule has 4 heteroatoms. The largest absolute Gasteiger partial charge is 0.137 e. The Labute approximate surface area is 178 Å². The lowest BCUT2D eigenvalue weighted by Crippen LogP contribution is -1.97. The topological polar surface area (TPSA) is 0 Å². The van der Waals surface area contributed by atoms with Crippen molar-refractivity contribution in [1.82, 2.24) is 0 Å². The molecule has 0 aliphatic carbocycles. The molecule has 0 amide bonds. The molecule has 5 heterocycles. The van der Waals surface area contributed by atoms with Crippen LogP contribution >= 0.6 is 45.3 Å². The first kappa shape index (κ1) is 17.8. The summed E-state index contributed by atoms with van der Waals surface area (Å²) in [5.74, 6) is 0. The normalized spacial score (nSPS) is 21.6. The van der Waals surface area contributed by atoms with Crippen molar-refractivity contribution < 1.29 is 0 Å². The maximum atomic E-state index is 2.21. The molecule has 4 aromatic heterocycles. The van der Waals surface area contributed by atoms with E-state index in [1.165, 1.54) is 36.3 Å². The van der Waals surface area contributed by atoms with Crippen molar-refractivity contribution >= 4 is 94.0 Å². The lowest BCUT2D eigenvalue weighted by Gasteiger charge is -1.76. The number of hydrogen-bond acceptors (Lipinski definition) is 4. The second kappa shape index (κ2) is 8.02. The average molecular weight is 433 g/mol. The first-order valence-corrected chi connectivity index (χ1v) is 12.2. The van der Waals surface area contributed by atoms with Crippen molar-refractivity contribution in [1.29, 1.82) is 0 Å². The molecule has 1 aliphatic heterocycles.